The molecule has 1 aromatic heterocycles. The van der Waals surface area contributed by atoms with E-state index in [4.69, 9.17) is 15.2 Å². The fraction of sp³-hybridized carbons (Fsp3) is 0.312. The molecule has 5 nitrogen and oxygen atoms in total. The van der Waals surface area contributed by atoms with Crippen LogP contribution in [0.25, 0.3) is 0 Å². The standard InChI is InChI=1S/C16H18N2O3S/c1-20-11-6-5-10(8-12(11)21-2)9-18-15(14(17)16(18)19)13-4-3-7-22-13/h3-8,14-15H,9,17H2,1-2H3. The van der Waals surface area contributed by atoms with Gasteiger partial charge in [-0.25, -0.2) is 0 Å². The van der Waals surface area contributed by atoms with E-state index in [1.54, 1.807) is 30.5 Å². The molecule has 0 saturated carbocycles. The molecule has 0 radical (unpaired) electrons. The quantitative estimate of drug-likeness (QED) is 0.858. The number of carbonyl (C=O) groups excluding carboxylic acids is 1. The molecule has 1 amide bonds. The van der Waals surface area contributed by atoms with E-state index in [9.17, 15) is 4.79 Å². The second-order valence-electron chi connectivity index (χ2n) is 5.14. The Bertz CT molecular complexity index is 672. The number of rotatable bonds is 5. The Balaban J connectivity index is 1.81. The van der Waals surface area contributed by atoms with Crippen molar-refractivity contribution in [2.75, 3.05) is 14.2 Å². The summed E-state index contributed by atoms with van der Waals surface area (Å²) in [5.41, 5.74) is 6.96. The number of thiophene rings is 1. The third-order valence-corrected chi connectivity index (χ3v) is 4.82. The molecule has 2 N–H and O–H groups in total. The van der Waals surface area contributed by atoms with Crippen molar-refractivity contribution in [3.8, 4) is 11.5 Å². The number of β-lactam (4-membered cyclic amide) rings is 1. The van der Waals surface area contributed by atoms with Crippen LogP contribution < -0.4 is 15.2 Å². The largest absolute Gasteiger partial charge is 0.493 e. The zero-order valence-corrected chi connectivity index (χ0v) is 13.3. The maximum absolute atomic E-state index is 12.1. The molecule has 0 bridgehead atoms. The highest BCUT2D eigenvalue weighted by molar-refractivity contribution is 7.10. The van der Waals surface area contributed by atoms with E-state index < -0.39 is 6.04 Å². The van der Waals surface area contributed by atoms with Crippen molar-refractivity contribution in [3.63, 3.8) is 0 Å². The Morgan fingerprint density at radius 3 is 2.64 bits per heavy atom. The molecule has 1 aliphatic heterocycles. The van der Waals surface area contributed by atoms with E-state index in [1.807, 2.05) is 35.7 Å². The Hall–Kier alpha value is -2.05. The SMILES string of the molecule is COc1ccc(CN2C(=O)C(N)C2c2cccs2)cc1OC. The highest BCUT2D eigenvalue weighted by Crippen LogP contribution is 2.38. The first kappa shape index (κ1) is 14.9. The fourth-order valence-electron chi connectivity index (χ4n) is 2.72. The van der Waals surface area contributed by atoms with Crippen LogP contribution in [0.2, 0.25) is 0 Å². The van der Waals surface area contributed by atoms with Gasteiger partial charge in [0.15, 0.2) is 11.5 Å². The van der Waals surface area contributed by atoms with Crippen LogP contribution in [0.5, 0.6) is 11.5 Å². The molecular weight excluding hydrogens is 300 g/mol. The fourth-order valence-corrected chi connectivity index (χ4v) is 3.60. The lowest BCUT2D eigenvalue weighted by Gasteiger charge is -2.45. The predicted octanol–water partition coefficient (Wildman–Crippen LogP) is 2.18. The van der Waals surface area contributed by atoms with Gasteiger partial charge in [-0.1, -0.05) is 12.1 Å². The van der Waals surface area contributed by atoms with Crippen molar-refractivity contribution in [2.45, 2.75) is 18.6 Å². The summed E-state index contributed by atoms with van der Waals surface area (Å²) in [4.78, 5) is 15.0. The van der Waals surface area contributed by atoms with Gasteiger partial charge in [0.25, 0.3) is 0 Å². The van der Waals surface area contributed by atoms with Gasteiger partial charge in [-0.2, -0.15) is 0 Å². The molecule has 1 aliphatic rings. The van der Waals surface area contributed by atoms with Crippen LogP contribution in [0.3, 0.4) is 0 Å². The van der Waals surface area contributed by atoms with Crippen LogP contribution in [0.15, 0.2) is 35.7 Å². The van der Waals surface area contributed by atoms with Crippen LogP contribution in [-0.4, -0.2) is 31.1 Å². The highest BCUT2D eigenvalue weighted by atomic mass is 32.1. The topological polar surface area (TPSA) is 64.8 Å². The highest BCUT2D eigenvalue weighted by Gasteiger charge is 2.46. The van der Waals surface area contributed by atoms with Crippen LogP contribution in [0.1, 0.15) is 16.5 Å². The van der Waals surface area contributed by atoms with Gasteiger partial charge in [0.1, 0.15) is 6.04 Å². The van der Waals surface area contributed by atoms with Crippen molar-refractivity contribution in [3.05, 3.63) is 46.2 Å². The molecule has 3 rings (SSSR count). The molecular formula is C16H18N2O3S. The molecule has 22 heavy (non-hydrogen) atoms. The Labute approximate surface area is 133 Å². The lowest BCUT2D eigenvalue weighted by Crippen LogP contribution is -2.62. The molecule has 2 unspecified atom stereocenters. The molecule has 1 aromatic carbocycles. The summed E-state index contributed by atoms with van der Waals surface area (Å²) < 4.78 is 10.5. The zero-order valence-electron chi connectivity index (χ0n) is 12.5. The van der Waals surface area contributed by atoms with Gasteiger partial charge < -0.3 is 20.1 Å². The van der Waals surface area contributed by atoms with E-state index in [0.29, 0.717) is 18.0 Å². The minimum absolute atomic E-state index is 0.0202. The zero-order chi connectivity index (χ0) is 15.7. The summed E-state index contributed by atoms with van der Waals surface area (Å²) in [7, 11) is 3.20. The molecule has 6 heteroatoms. The van der Waals surface area contributed by atoms with E-state index >= 15 is 0 Å². The number of carbonyl (C=O) groups is 1. The molecule has 1 fully saturated rings. The van der Waals surface area contributed by atoms with Crippen molar-refractivity contribution >= 4 is 17.2 Å². The van der Waals surface area contributed by atoms with E-state index in [2.05, 4.69) is 0 Å². The number of methoxy groups -OCH3 is 2. The third-order valence-electron chi connectivity index (χ3n) is 3.88. The van der Waals surface area contributed by atoms with Crippen molar-refractivity contribution in [2.24, 2.45) is 5.73 Å². The first-order valence-corrected chi connectivity index (χ1v) is 7.84. The Morgan fingerprint density at radius 2 is 2.00 bits per heavy atom. The van der Waals surface area contributed by atoms with Crippen LogP contribution in [0.4, 0.5) is 0 Å². The van der Waals surface area contributed by atoms with Crippen molar-refractivity contribution in [1.29, 1.82) is 0 Å². The molecule has 1 saturated heterocycles. The predicted molar refractivity (Wildman–Crippen MR) is 85.1 cm³/mol. The lowest BCUT2D eigenvalue weighted by atomic mass is 9.93. The average Bonchev–Trinajstić information content (AvgIpc) is 3.07. The summed E-state index contributed by atoms with van der Waals surface area (Å²) >= 11 is 1.62. The lowest BCUT2D eigenvalue weighted by molar-refractivity contribution is -0.150. The Kier molecular flexibility index (Phi) is 4.04. The molecule has 116 valence electrons. The maximum Gasteiger partial charge on any atom is 0.242 e. The van der Waals surface area contributed by atoms with Gasteiger partial charge in [-0.15, -0.1) is 11.3 Å². The molecule has 2 atom stereocenters. The van der Waals surface area contributed by atoms with Crippen LogP contribution in [-0.2, 0) is 11.3 Å². The second-order valence-corrected chi connectivity index (χ2v) is 6.12. The number of ether oxygens (including phenoxy) is 2. The summed E-state index contributed by atoms with van der Waals surface area (Å²) in [5, 5.41) is 2.00. The number of benzene rings is 1. The Morgan fingerprint density at radius 1 is 1.23 bits per heavy atom. The van der Waals surface area contributed by atoms with Gasteiger partial charge in [0, 0.05) is 11.4 Å². The number of nitrogens with zero attached hydrogens (tertiary/aromatic N) is 1. The first-order valence-electron chi connectivity index (χ1n) is 6.96. The number of amides is 1. The van der Waals surface area contributed by atoms with Gasteiger partial charge in [0.2, 0.25) is 5.91 Å². The van der Waals surface area contributed by atoms with E-state index in [1.165, 1.54) is 0 Å². The summed E-state index contributed by atoms with van der Waals surface area (Å²) in [6.45, 7) is 0.509. The van der Waals surface area contributed by atoms with Crippen molar-refractivity contribution in [1.82, 2.24) is 4.90 Å². The minimum Gasteiger partial charge on any atom is -0.493 e. The number of likely N-dealkylation sites (tertiary alicyclic amines) is 1. The normalized spacial score (nSPS) is 20.7. The molecule has 2 aromatic rings. The minimum atomic E-state index is -0.446. The second kappa shape index (κ2) is 5.98. The molecule has 0 aliphatic carbocycles. The van der Waals surface area contributed by atoms with Gasteiger partial charge in [-0.3, -0.25) is 4.79 Å². The monoisotopic (exact) mass is 318 g/mol. The van der Waals surface area contributed by atoms with E-state index in [0.717, 1.165) is 10.4 Å². The number of nitrogens with two attached hydrogens (primary N) is 1. The summed E-state index contributed by atoms with van der Waals surface area (Å²) in [5.74, 6) is 1.31. The smallest absolute Gasteiger partial charge is 0.242 e. The van der Waals surface area contributed by atoms with Gasteiger partial charge in [-0.05, 0) is 29.1 Å². The van der Waals surface area contributed by atoms with Crippen LogP contribution in [0, 0.1) is 0 Å². The van der Waals surface area contributed by atoms with Crippen molar-refractivity contribution < 1.29 is 14.3 Å². The third kappa shape index (κ3) is 2.44. The summed E-state index contributed by atoms with van der Waals surface area (Å²) in [6, 6.07) is 9.18. The average molecular weight is 318 g/mol. The molecule has 2 heterocycles. The van der Waals surface area contributed by atoms with Gasteiger partial charge >= 0.3 is 0 Å². The summed E-state index contributed by atoms with van der Waals surface area (Å²) in [6.07, 6.45) is 0. The van der Waals surface area contributed by atoms with Crippen LogP contribution >= 0.6 is 11.3 Å². The number of hydrogen-bond acceptors (Lipinski definition) is 5. The van der Waals surface area contributed by atoms with E-state index in [-0.39, 0.29) is 11.9 Å². The van der Waals surface area contributed by atoms with Gasteiger partial charge in [0.05, 0.1) is 20.3 Å². The maximum atomic E-state index is 12.1. The first-order chi connectivity index (χ1) is 10.7. The number of hydrogen-bond donors (Lipinski definition) is 1. The molecule has 0 spiro atoms.